The predicted molar refractivity (Wildman–Crippen MR) is 405 cm³/mol. The zero-order chi connectivity index (χ0) is 66.5. The van der Waals surface area contributed by atoms with Crippen molar-refractivity contribution in [2.45, 2.75) is 106 Å². The van der Waals surface area contributed by atoms with Crippen molar-refractivity contribution in [2.24, 2.45) is 0 Å². The first-order valence-corrected chi connectivity index (χ1v) is 33.7. The fourth-order valence-electron chi connectivity index (χ4n) is 16.8. The Labute approximate surface area is 565 Å². The van der Waals surface area contributed by atoms with Gasteiger partial charge in [0.25, 0.3) is 0 Å². The zero-order valence-electron chi connectivity index (χ0n) is 56.8. The lowest BCUT2D eigenvalue weighted by molar-refractivity contribution is 0.504. The van der Waals surface area contributed by atoms with Gasteiger partial charge in [-0.15, -0.1) is 0 Å². The second kappa shape index (κ2) is 22.2. The Balaban J connectivity index is 1.00. The highest BCUT2D eigenvalue weighted by Crippen LogP contribution is 2.50. The minimum absolute atomic E-state index is 0.0874. The predicted octanol–water partition coefficient (Wildman–Crippen LogP) is 18.9. The Hall–Kier alpha value is -10.8. The SMILES string of the molecule is [B]c1c(C)c(C)c(C)c2c1c1c(C)c(C)c(C)c(C)c1n2-c1ccc2c(c1)N(c1ccc(C(C)(C)C)cc1C)c1cc(-c3cc(C#N)ccc3-n3c4ccccc4c4ccccc43)cc3c1B2c1ccc(C2C=C(C#N)C=CC2(C)N(c2ccccc2)c2ccccc2)cc1C3. The maximum absolute atomic E-state index is 11.0. The van der Waals surface area contributed by atoms with E-state index < -0.39 is 5.54 Å². The van der Waals surface area contributed by atoms with Gasteiger partial charge in [0.05, 0.1) is 51.0 Å². The van der Waals surface area contributed by atoms with Crippen LogP contribution in [0.5, 0.6) is 0 Å². The van der Waals surface area contributed by atoms with Gasteiger partial charge in [0.2, 0.25) is 6.71 Å². The molecule has 16 rings (SSSR count). The summed E-state index contributed by atoms with van der Waals surface area (Å²) in [4.78, 5) is 5.03. The van der Waals surface area contributed by atoms with Crippen LogP contribution in [0.1, 0.15) is 106 Å². The molecule has 0 bridgehead atoms. The van der Waals surface area contributed by atoms with Crippen molar-refractivity contribution in [3.05, 3.63) is 290 Å². The van der Waals surface area contributed by atoms with Gasteiger partial charge in [0.1, 0.15) is 7.85 Å². The van der Waals surface area contributed by atoms with Gasteiger partial charge in [-0.05, 0) is 237 Å². The molecule has 8 heteroatoms. The summed E-state index contributed by atoms with van der Waals surface area (Å²) in [6.07, 6.45) is 7.08. The molecule has 0 N–H and O–H groups in total. The molecule has 0 spiro atoms. The second-order valence-electron chi connectivity index (χ2n) is 28.5. The first-order chi connectivity index (χ1) is 46.3. The highest BCUT2D eigenvalue weighted by Gasteiger charge is 2.45. The molecule has 2 radical (unpaired) electrons. The Bertz CT molecular complexity index is 5490. The highest BCUT2D eigenvalue weighted by atomic mass is 15.2. The van der Waals surface area contributed by atoms with Gasteiger partial charge >= 0.3 is 0 Å². The minimum atomic E-state index is -0.644. The minimum Gasteiger partial charge on any atom is -0.331 e. The first kappa shape index (κ1) is 60.2. The third kappa shape index (κ3) is 8.91. The molecule has 0 saturated carbocycles. The molecule has 0 amide bonds. The lowest BCUT2D eigenvalue weighted by Gasteiger charge is -2.47. The van der Waals surface area contributed by atoms with Gasteiger partial charge in [0.15, 0.2) is 0 Å². The standard InChI is InChI=1S/C88H74B2N6/c1-51-41-65(87(9,10)11)33-38-75(51)94-79-48-68(93-85-57(7)53(3)52(2)55(5)81(85)82-83(89)56(6)54(4)58(8)86(82)93)34-36-74(79)90-73-35-32-61(72-43-60(50-92)39-40-88(72,12)96(66-23-15-13-16-24-66)67-25-17-14-18-26-67)44-63(73)46-64-45-62(47-80(94)84(64)90)71-42-59(49-91)31-37-78(71)95-76-29-21-19-27-69(76)70-28-20-22-30-77(70)95/h13-45,47-48,72H,46H2,1-12H3. The van der Waals surface area contributed by atoms with Crippen LogP contribution in [0.25, 0.3) is 66.1 Å². The molecule has 11 aromatic carbocycles. The van der Waals surface area contributed by atoms with Crippen LogP contribution in [-0.4, -0.2) is 29.2 Å². The number of anilines is 5. The van der Waals surface area contributed by atoms with E-state index in [0.29, 0.717) is 17.6 Å². The summed E-state index contributed by atoms with van der Waals surface area (Å²) in [6, 6.07) is 76.5. The van der Waals surface area contributed by atoms with Gasteiger partial charge in [0, 0.05) is 72.7 Å². The number of fused-ring (bicyclic) bond motifs is 10. The van der Waals surface area contributed by atoms with Crippen LogP contribution < -0.4 is 31.7 Å². The summed E-state index contributed by atoms with van der Waals surface area (Å²) in [7, 11) is 7.44. The van der Waals surface area contributed by atoms with Crippen molar-refractivity contribution in [2.75, 3.05) is 9.80 Å². The van der Waals surface area contributed by atoms with E-state index in [2.05, 4.69) is 314 Å². The molecular formula is C88H74B2N6. The topological polar surface area (TPSA) is 63.9 Å². The van der Waals surface area contributed by atoms with Crippen LogP contribution in [0.4, 0.5) is 28.4 Å². The van der Waals surface area contributed by atoms with Crippen LogP contribution in [-0.2, 0) is 11.8 Å². The van der Waals surface area contributed by atoms with Crippen molar-refractivity contribution in [3.63, 3.8) is 0 Å². The quantitative estimate of drug-likeness (QED) is 0.142. The highest BCUT2D eigenvalue weighted by molar-refractivity contribution is 6.99. The number of hydrogen-bond acceptors (Lipinski definition) is 4. The average Bonchev–Trinajstić information content (AvgIpc) is 1.17. The number of nitrogens with zero attached hydrogens (tertiary/aromatic N) is 6. The molecule has 1 aliphatic carbocycles. The summed E-state index contributed by atoms with van der Waals surface area (Å²) < 4.78 is 4.94. The molecule has 2 aliphatic heterocycles. The number of aryl methyl sites for hydroxylation is 4. The molecule has 2 unspecified atom stereocenters. The summed E-state index contributed by atoms with van der Waals surface area (Å²) >= 11 is 0. The van der Waals surface area contributed by atoms with Crippen molar-refractivity contribution in [1.29, 1.82) is 10.5 Å². The van der Waals surface area contributed by atoms with E-state index >= 15 is 0 Å². The van der Waals surface area contributed by atoms with Crippen LogP contribution >= 0.6 is 0 Å². The Morgan fingerprint density at radius 1 is 0.542 bits per heavy atom. The number of rotatable bonds is 8. The molecule has 6 nitrogen and oxygen atoms in total. The van der Waals surface area contributed by atoms with E-state index in [1.165, 1.54) is 93.7 Å². The van der Waals surface area contributed by atoms with Crippen LogP contribution in [0.2, 0.25) is 0 Å². The number of benzene rings is 11. The van der Waals surface area contributed by atoms with E-state index in [4.69, 9.17) is 7.85 Å². The molecule has 0 fully saturated rings. The summed E-state index contributed by atoms with van der Waals surface area (Å²) in [6.45, 7) is 27.1. The zero-order valence-corrected chi connectivity index (χ0v) is 56.8. The Morgan fingerprint density at radius 2 is 1.16 bits per heavy atom. The summed E-state index contributed by atoms with van der Waals surface area (Å²) in [5.41, 5.74) is 33.7. The lowest BCUT2D eigenvalue weighted by atomic mass is 9.32. The van der Waals surface area contributed by atoms with Crippen LogP contribution in [0.3, 0.4) is 0 Å². The number of hydrogen-bond donors (Lipinski definition) is 0. The van der Waals surface area contributed by atoms with Gasteiger partial charge < -0.3 is 18.9 Å². The van der Waals surface area contributed by atoms with E-state index in [1.807, 2.05) is 12.1 Å². The Kier molecular flexibility index (Phi) is 13.9. The third-order valence-electron chi connectivity index (χ3n) is 22.3. The van der Waals surface area contributed by atoms with Gasteiger partial charge in [-0.25, -0.2) is 0 Å². The third-order valence-corrected chi connectivity index (χ3v) is 22.3. The average molecular weight is 1240 g/mol. The van der Waals surface area contributed by atoms with Crippen LogP contribution in [0.15, 0.2) is 218 Å². The molecule has 2 atom stereocenters. The van der Waals surface area contributed by atoms with E-state index in [-0.39, 0.29) is 18.0 Å². The summed E-state index contributed by atoms with van der Waals surface area (Å²) in [5, 5.41) is 26.4. The molecular weight excluding hydrogens is 1160 g/mol. The number of allylic oxidation sites excluding steroid dienone is 2. The molecule has 3 aliphatic rings. The van der Waals surface area contributed by atoms with Crippen molar-refractivity contribution in [1.82, 2.24) is 9.13 Å². The molecule has 13 aromatic rings. The fourth-order valence-corrected chi connectivity index (χ4v) is 16.8. The van der Waals surface area contributed by atoms with Crippen molar-refractivity contribution >= 4 is 108 Å². The van der Waals surface area contributed by atoms with E-state index in [9.17, 15) is 10.5 Å². The largest absolute Gasteiger partial charge is 0.331 e. The number of para-hydroxylation sites is 4. The molecule has 462 valence electrons. The van der Waals surface area contributed by atoms with Gasteiger partial charge in [-0.2, -0.15) is 10.5 Å². The maximum atomic E-state index is 11.0. The normalized spacial score (nSPS) is 15.6. The molecule has 96 heavy (non-hydrogen) atoms. The monoisotopic (exact) mass is 1240 g/mol. The molecule has 0 saturated heterocycles. The van der Waals surface area contributed by atoms with E-state index in [0.717, 1.165) is 89.5 Å². The maximum Gasteiger partial charge on any atom is 0.247 e. The number of nitriles is 2. The molecule has 4 heterocycles. The van der Waals surface area contributed by atoms with Crippen molar-refractivity contribution in [3.8, 4) is 34.6 Å². The van der Waals surface area contributed by atoms with Gasteiger partial charge in [-0.3, -0.25) is 0 Å². The van der Waals surface area contributed by atoms with Crippen molar-refractivity contribution < 1.29 is 0 Å². The fraction of sp³-hybridized carbons (Fsp3) is 0.182. The lowest BCUT2D eigenvalue weighted by Crippen LogP contribution is -2.61. The number of aromatic nitrogens is 2. The first-order valence-electron chi connectivity index (χ1n) is 33.7. The van der Waals surface area contributed by atoms with Gasteiger partial charge in [-0.1, -0.05) is 165 Å². The second-order valence-corrected chi connectivity index (χ2v) is 28.5. The molecule has 2 aromatic heterocycles. The van der Waals surface area contributed by atoms with E-state index in [1.54, 1.807) is 0 Å². The Morgan fingerprint density at radius 3 is 1.80 bits per heavy atom. The van der Waals surface area contributed by atoms with Crippen LogP contribution in [0, 0.1) is 78.1 Å². The smallest absolute Gasteiger partial charge is 0.247 e. The summed E-state index contributed by atoms with van der Waals surface area (Å²) in [5.74, 6) is -0.236.